The number of hydrogen-bond acceptors (Lipinski definition) is 0. The van der Waals surface area contributed by atoms with Gasteiger partial charge in [0, 0.05) is 0 Å². The number of fused-ring (bicyclic) bond motifs is 1. The van der Waals surface area contributed by atoms with Crippen molar-refractivity contribution in [1.82, 2.24) is 0 Å². The first-order valence-corrected chi connectivity index (χ1v) is 10.3. The van der Waals surface area contributed by atoms with Gasteiger partial charge in [-0.2, -0.15) is 0 Å². The second kappa shape index (κ2) is 5.94. The molecule has 0 aliphatic heterocycles. The summed E-state index contributed by atoms with van der Waals surface area (Å²) in [6.07, 6.45) is 10.7. The molecule has 0 heterocycles. The van der Waals surface area contributed by atoms with E-state index in [2.05, 4.69) is 65.1 Å². The molecule has 102 valence electrons. The van der Waals surface area contributed by atoms with Crippen molar-refractivity contribution in [2.75, 3.05) is 0 Å². The van der Waals surface area contributed by atoms with Gasteiger partial charge in [-0.25, -0.2) is 0 Å². The average Bonchev–Trinajstić information content (AvgIpc) is 2.49. The average molecular weight is 269 g/mol. The Labute approximate surface area is 132 Å². The molecule has 3 heteroatoms. The van der Waals surface area contributed by atoms with Gasteiger partial charge in [-0.05, 0) is 24.2 Å². The van der Waals surface area contributed by atoms with Gasteiger partial charge in [-0.15, -0.1) is 5.54 Å². The molecule has 0 amide bonds. The molecule has 0 radical (unpaired) electrons. The van der Waals surface area contributed by atoms with Crippen molar-refractivity contribution < 1.29 is 18.9 Å². The van der Waals surface area contributed by atoms with E-state index in [1.54, 1.807) is 0 Å². The molecule has 0 bridgehead atoms. The standard InChI is InChI=1S/C16H28NSi.Li/c1-12-11-13-9-7-8-10-14(13)15(12)18(5,6)17-16(2,3)4;/h7-10,12-15H,11H2,1-6H3;/q-1;+1. The number of allylic oxidation sites excluding steroid dienone is 4. The van der Waals surface area contributed by atoms with Crippen molar-refractivity contribution in [2.24, 2.45) is 17.8 Å². The summed E-state index contributed by atoms with van der Waals surface area (Å²) in [5, 5.41) is 0. The Kier molecular flexibility index (Phi) is 5.41. The van der Waals surface area contributed by atoms with Gasteiger partial charge in [0.25, 0.3) is 0 Å². The topological polar surface area (TPSA) is 14.1 Å². The molecule has 19 heavy (non-hydrogen) atoms. The van der Waals surface area contributed by atoms with E-state index < -0.39 is 8.24 Å². The molecule has 0 spiro atoms. The van der Waals surface area contributed by atoms with Crippen LogP contribution in [-0.2, 0) is 0 Å². The van der Waals surface area contributed by atoms with Crippen molar-refractivity contribution in [3.63, 3.8) is 0 Å². The molecule has 0 aromatic carbocycles. The summed E-state index contributed by atoms with van der Waals surface area (Å²) in [4.78, 5) is 5.25. The molecule has 4 atom stereocenters. The predicted octanol–water partition coefficient (Wildman–Crippen LogP) is 2.14. The van der Waals surface area contributed by atoms with Crippen LogP contribution in [0.25, 0.3) is 4.98 Å². The maximum absolute atomic E-state index is 5.25. The van der Waals surface area contributed by atoms with Gasteiger partial charge < -0.3 is 4.98 Å². The molecule has 0 aromatic heterocycles. The summed E-state index contributed by atoms with van der Waals surface area (Å²) in [7, 11) is -1.54. The summed E-state index contributed by atoms with van der Waals surface area (Å²) in [5.74, 6) is 2.34. The van der Waals surface area contributed by atoms with E-state index >= 15 is 0 Å². The first-order valence-electron chi connectivity index (χ1n) is 7.30. The third-order valence-corrected chi connectivity index (χ3v) is 8.24. The van der Waals surface area contributed by atoms with E-state index in [-0.39, 0.29) is 24.4 Å². The quantitative estimate of drug-likeness (QED) is 0.682. The van der Waals surface area contributed by atoms with E-state index in [4.69, 9.17) is 4.98 Å². The first kappa shape index (κ1) is 17.3. The number of nitrogens with zero attached hydrogens (tertiary/aromatic N) is 1. The normalized spacial score (nSPS) is 34.0. The van der Waals surface area contributed by atoms with E-state index in [1.165, 1.54) is 6.42 Å². The fourth-order valence-electron chi connectivity index (χ4n) is 4.35. The van der Waals surface area contributed by atoms with Crippen LogP contribution in [0.15, 0.2) is 24.3 Å². The van der Waals surface area contributed by atoms with Gasteiger partial charge >= 0.3 is 18.9 Å². The van der Waals surface area contributed by atoms with Gasteiger partial charge in [-0.1, -0.05) is 78.9 Å². The van der Waals surface area contributed by atoms with E-state index in [9.17, 15) is 0 Å². The van der Waals surface area contributed by atoms with Gasteiger partial charge in [0.1, 0.15) is 0 Å². The zero-order valence-corrected chi connectivity index (χ0v) is 14.8. The molecular weight excluding hydrogens is 241 g/mol. The largest absolute Gasteiger partial charge is 1.00 e. The molecule has 1 nitrogen and oxygen atoms in total. The Hall–Kier alpha value is 0.254. The Morgan fingerprint density at radius 2 is 1.68 bits per heavy atom. The fourth-order valence-corrected chi connectivity index (χ4v) is 9.06. The molecule has 2 aliphatic rings. The fraction of sp³-hybridized carbons (Fsp3) is 0.750. The maximum Gasteiger partial charge on any atom is 1.00 e. The van der Waals surface area contributed by atoms with Gasteiger partial charge in [0.05, 0.1) is 0 Å². The van der Waals surface area contributed by atoms with Crippen LogP contribution in [0.3, 0.4) is 0 Å². The number of hydrogen-bond donors (Lipinski definition) is 0. The van der Waals surface area contributed by atoms with Crippen LogP contribution in [-0.4, -0.2) is 13.8 Å². The minimum atomic E-state index is -1.54. The van der Waals surface area contributed by atoms with Gasteiger partial charge in [0.15, 0.2) is 0 Å². The second-order valence-corrected chi connectivity index (χ2v) is 11.9. The Morgan fingerprint density at radius 3 is 2.26 bits per heavy atom. The maximum atomic E-state index is 5.25. The van der Waals surface area contributed by atoms with Crippen LogP contribution in [0.4, 0.5) is 0 Å². The van der Waals surface area contributed by atoms with Crippen LogP contribution in [0.2, 0.25) is 18.6 Å². The molecule has 0 saturated heterocycles. The van der Waals surface area contributed by atoms with Crippen molar-refractivity contribution >= 4 is 8.24 Å². The molecule has 4 unspecified atom stereocenters. The van der Waals surface area contributed by atoms with Crippen molar-refractivity contribution in [3.05, 3.63) is 29.3 Å². The van der Waals surface area contributed by atoms with E-state index in [1.807, 2.05) is 0 Å². The molecule has 1 fully saturated rings. The van der Waals surface area contributed by atoms with Crippen molar-refractivity contribution in [2.45, 2.75) is 58.3 Å². The summed E-state index contributed by atoms with van der Waals surface area (Å²) >= 11 is 0. The minimum Gasteiger partial charge on any atom is -0.660 e. The van der Waals surface area contributed by atoms with Crippen LogP contribution < -0.4 is 18.9 Å². The van der Waals surface area contributed by atoms with Crippen molar-refractivity contribution in [3.8, 4) is 0 Å². The first-order chi connectivity index (χ1) is 8.21. The Morgan fingerprint density at radius 1 is 1.11 bits per heavy atom. The monoisotopic (exact) mass is 269 g/mol. The van der Waals surface area contributed by atoms with Crippen LogP contribution >= 0.6 is 0 Å². The van der Waals surface area contributed by atoms with Crippen LogP contribution in [0.5, 0.6) is 0 Å². The molecular formula is C16H28LiNSi. The molecule has 0 N–H and O–H groups in total. The van der Waals surface area contributed by atoms with E-state index in [0.717, 1.165) is 23.3 Å². The SMILES string of the molecule is CC1CC2C=CC=CC2C1[Si](C)(C)[N-]C(C)(C)C.[Li+]. The smallest absolute Gasteiger partial charge is 0.660 e. The summed E-state index contributed by atoms with van der Waals surface area (Å²) in [5.41, 5.74) is 0.921. The Balaban J connectivity index is 0.00000180. The zero-order valence-electron chi connectivity index (χ0n) is 13.8. The van der Waals surface area contributed by atoms with E-state index in [0.29, 0.717) is 0 Å². The second-order valence-electron chi connectivity index (χ2n) is 7.69. The summed E-state index contributed by atoms with van der Waals surface area (Å²) in [6.45, 7) is 14.1. The third-order valence-electron chi connectivity index (χ3n) is 4.41. The molecule has 2 rings (SSSR count). The molecule has 2 aliphatic carbocycles. The van der Waals surface area contributed by atoms with Crippen LogP contribution in [0, 0.1) is 17.8 Å². The molecule has 1 saturated carbocycles. The molecule has 0 aromatic rings. The predicted molar refractivity (Wildman–Crippen MR) is 83.4 cm³/mol. The third kappa shape index (κ3) is 3.88. The van der Waals surface area contributed by atoms with Gasteiger partial charge in [0.2, 0.25) is 0 Å². The summed E-state index contributed by atoms with van der Waals surface area (Å²) in [6, 6.07) is 0. The van der Waals surface area contributed by atoms with Crippen LogP contribution in [0.1, 0.15) is 34.1 Å². The van der Waals surface area contributed by atoms with Gasteiger partial charge in [-0.3, -0.25) is 0 Å². The summed E-state index contributed by atoms with van der Waals surface area (Å²) < 4.78 is 0. The zero-order chi connectivity index (χ0) is 13.6. The van der Waals surface area contributed by atoms with Crippen molar-refractivity contribution in [1.29, 1.82) is 0 Å². The number of rotatable bonds is 2. The Bertz CT molecular complexity index is 367. The minimum absolute atomic E-state index is 0.